The zero-order valence-corrected chi connectivity index (χ0v) is 11.8. The van der Waals surface area contributed by atoms with Gasteiger partial charge < -0.3 is 15.6 Å². The zero-order valence-electron chi connectivity index (χ0n) is 11.8. The van der Waals surface area contributed by atoms with Gasteiger partial charge in [-0.1, -0.05) is 42.2 Å². The first kappa shape index (κ1) is 15.1. The van der Waals surface area contributed by atoms with Gasteiger partial charge in [-0.2, -0.15) is 0 Å². The van der Waals surface area contributed by atoms with E-state index < -0.39 is 6.10 Å². The Balaban J connectivity index is 1.94. The summed E-state index contributed by atoms with van der Waals surface area (Å²) in [5.41, 5.74) is 7.16. The molecule has 1 atom stereocenters. The summed E-state index contributed by atoms with van der Waals surface area (Å²) in [5, 5.41) is 9.91. The van der Waals surface area contributed by atoms with E-state index >= 15 is 0 Å². The van der Waals surface area contributed by atoms with Gasteiger partial charge in [0, 0.05) is 5.56 Å². The molecule has 0 aliphatic rings. The van der Waals surface area contributed by atoms with Gasteiger partial charge in [0.25, 0.3) is 0 Å². The second kappa shape index (κ2) is 8.11. The molecule has 108 valence electrons. The molecule has 0 radical (unpaired) electrons. The Morgan fingerprint density at radius 3 is 2.67 bits per heavy atom. The van der Waals surface area contributed by atoms with Crippen LogP contribution in [0, 0.1) is 11.8 Å². The molecule has 2 aromatic carbocycles. The van der Waals surface area contributed by atoms with Gasteiger partial charge in [-0.05, 0) is 42.8 Å². The average molecular weight is 281 g/mol. The highest BCUT2D eigenvalue weighted by atomic mass is 16.5. The summed E-state index contributed by atoms with van der Waals surface area (Å²) in [4.78, 5) is 0. The maximum Gasteiger partial charge on any atom is 0.149 e. The molecule has 1 unspecified atom stereocenters. The van der Waals surface area contributed by atoms with Gasteiger partial charge in [0.1, 0.15) is 12.4 Å². The topological polar surface area (TPSA) is 55.5 Å². The van der Waals surface area contributed by atoms with Crippen LogP contribution in [-0.2, 0) is 0 Å². The van der Waals surface area contributed by atoms with E-state index in [9.17, 15) is 5.11 Å². The molecular formula is C18H19NO2. The van der Waals surface area contributed by atoms with Gasteiger partial charge in [0.05, 0.1) is 6.10 Å². The molecule has 0 bridgehead atoms. The number of benzene rings is 2. The molecule has 0 aliphatic carbocycles. The van der Waals surface area contributed by atoms with E-state index in [0.717, 1.165) is 16.9 Å². The standard InChI is InChI=1S/C18H19NO2/c19-12-11-18(20)16-8-4-6-15(14-16)7-5-13-21-17-9-2-1-3-10-17/h1-4,6,8-10,14,18,20H,11-13,19H2. The van der Waals surface area contributed by atoms with Crippen molar-refractivity contribution in [3.8, 4) is 17.6 Å². The van der Waals surface area contributed by atoms with Crippen LogP contribution in [0.2, 0.25) is 0 Å². The Labute approximate surface area is 125 Å². The van der Waals surface area contributed by atoms with E-state index in [2.05, 4.69) is 11.8 Å². The first-order valence-electron chi connectivity index (χ1n) is 6.94. The number of aliphatic hydroxyl groups is 1. The van der Waals surface area contributed by atoms with Gasteiger partial charge >= 0.3 is 0 Å². The first-order chi connectivity index (χ1) is 10.3. The third-order valence-electron chi connectivity index (χ3n) is 3.00. The van der Waals surface area contributed by atoms with Crippen molar-refractivity contribution in [3.05, 3.63) is 65.7 Å². The third kappa shape index (κ3) is 4.96. The fourth-order valence-electron chi connectivity index (χ4n) is 1.92. The van der Waals surface area contributed by atoms with Crippen LogP contribution in [0.25, 0.3) is 0 Å². The van der Waals surface area contributed by atoms with E-state index in [-0.39, 0.29) is 0 Å². The average Bonchev–Trinajstić information content (AvgIpc) is 2.53. The molecule has 0 amide bonds. The Morgan fingerprint density at radius 2 is 1.90 bits per heavy atom. The molecule has 3 nitrogen and oxygen atoms in total. The summed E-state index contributed by atoms with van der Waals surface area (Å²) >= 11 is 0. The van der Waals surface area contributed by atoms with Gasteiger partial charge in [-0.25, -0.2) is 0 Å². The number of nitrogens with two attached hydrogens (primary N) is 1. The summed E-state index contributed by atoms with van der Waals surface area (Å²) in [6, 6.07) is 17.1. The van der Waals surface area contributed by atoms with E-state index in [1.54, 1.807) is 0 Å². The molecule has 21 heavy (non-hydrogen) atoms. The maximum atomic E-state index is 9.91. The Bertz CT molecular complexity index is 614. The van der Waals surface area contributed by atoms with Crippen LogP contribution in [0.1, 0.15) is 23.7 Å². The fourth-order valence-corrected chi connectivity index (χ4v) is 1.92. The lowest BCUT2D eigenvalue weighted by atomic mass is 10.0. The van der Waals surface area contributed by atoms with Crippen molar-refractivity contribution in [3.63, 3.8) is 0 Å². The second-order valence-electron chi connectivity index (χ2n) is 4.62. The minimum absolute atomic E-state index is 0.333. The predicted molar refractivity (Wildman–Crippen MR) is 83.9 cm³/mol. The summed E-state index contributed by atoms with van der Waals surface area (Å²) in [7, 11) is 0. The molecule has 0 spiro atoms. The number of rotatable bonds is 5. The Hall–Kier alpha value is -2.28. The van der Waals surface area contributed by atoms with Crippen LogP contribution in [0.5, 0.6) is 5.75 Å². The molecule has 2 aromatic rings. The van der Waals surface area contributed by atoms with Crippen molar-refractivity contribution >= 4 is 0 Å². The SMILES string of the molecule is NCCC(O)c1cccc(C#CCOc2ccccc2)c1. The third-order valence-corrected chi connectivity index (χ3v) is 3.00. The largest absolute Gasteiger partial charge is 0.481 e. The molecule has 3 N–H and O–H groups in total. The van der Waals surface area contributed by atoms with Crippen LogP contribution in [0.3, 0.4) is 0 Å². The highest BCUT2D eigenvalue weighted by Crippen LogP contribution is 2.16. The van der Waals surface area contributed by atoms with Crippen LogP contribution in [0.4, 0.5) is 0 Å². The number of para-hydroxylation sites is 1. The van der Waals surface area contributed by atoms with Crippen molar-refractivity contribution in [1.29, 1.82) is 0 Å². The molecule has 0 saturated heterocycles. The summed E-state index contributed by atoms with van der Waals surface area (Å²) in [6.07, 6.45) is 0.0193. The highest BCUT2D eigenvalue weighted by molar-refractivity contribution is 5.38. The summed E-state index contributed by atoms with van der Waals surface area (Å²) in [6.45, 7) is 0.793. The molecule has 0 aliphatic heterocycles. The molecule has 0 fully saturated rings. The summed E-state index contributed by atoms with van der Waals surface area (Å²) < 4.78 is 5.50. The molecule has 0 heterocycles. The zero-order chi connectivity index (χ0) is 14.9. The minimum atomic E-state index is -0.530. The fraction of sp³-hybridized carbons (Fsp3) is 0.222. The van der Waals surface area contributed by atoms with Crippen molar-refractivity contribution in [2.75, 3.05) is 13.2 Å². The van der Waals surface area contributed by atoms with E-state index in [4.69, 9.17) is 10.5 Å². The quantitative estimate of drug-likeness (QED) is 0.828. The lowest BCUT2D eigenvalue weighted by Crippen LogP contribution is -2.06. The molecule has 2 rings (SSSR count). The van der Waals surface area contributed by atoms with Crippen molar-refractivity contribution in [2.24, 2.45) is 5.73 Å². The van der Waals surface area contributed by atoms with Crippen LogP contribution in [-0.4, -0.2) is 18.3 Å². The van der Waals surface area contributed by atoms with E-state index in [1.807, 2.05) is 54.6 Å². The smallest absolute Gasteiger partial charge is 0.149 e. The molecular weight excluding hydrogens is 262 g/mol. The monoisotopic (exact) mass is 281 g/mol. The van der Waals surface area contributed by atoms with E-state index in [0.29, 0.717) is 19.6 Å². The molecule has 0 aromatic heterocycles. The highest BCUT2D eigenvalue weighted by Gasteiger charge is 2.05. The van der Waals surface area contributed by atoms with Gasteiger partial charge in [-0.15, -0.1) is 0 Å². The lowest BCUT2D eigenvalue weighted by Gasteiger charge is -2.09. The van der Waals surface area contributed by atoms with Gasteiger partial charge in [0.2, 0.25) is 0 Å². The Kier molecular flexibility index (Phi) is 5.83. The normalized spacial score (nSPS) is 11.3. The minimum Gasteiger partial charge on any atom is -0.481 e. The van der Waals surface area contributed by atoms with Crippen LogP contribution in [0.15, 0.2) is 54.6 Å². The maximum absolute atomic E-state index is 9.91. The van der Waals surface area contributed by atoms with Crippen molar-refractivity contribution < 1.29 is 9.84 Å². The number of hydrogen-bond acceptors (Lipinski definition) is 3. The van der Waals surface area contributed by atoms with Gasteiger partial charge in [0.15, 0.2) is 0 Å². The number of hydrogen-bond donors (Lipinski definition) is 2. The molecule has 3 heteroatoms. The Morgan fingerprint density at radius 1 is 1.10 bits per heavy atom. The van der Waals surface area contributed by atoms with Crippen molar-refractivity contribution in [1.82, 2.24) is 0 Å². The second-order valence-corrected chi connectivity index (χ2v) is 4.62. The number of ether oxygens (including phenoxy) is 1. The van der Waals surface area contributed by atoms with Crippen LogP contribution < -0.4 is 10.5 Å². The van der Waals surface area contributed by atoms with Crippen molar-refractivity contribution in [2.45, 2.75) is 12.5 Å². The molecule has 0 saturated carbocycles. The lowest BCUT2D eigenvalue weighted by molar-refractivity contribution is 0.170. The summed E-state index contributed by atoms with van der Waals surface area (Å²) in [5.74, 6) is 6.81. The van der Waals surface area contributed by atoms with E-state index in [1.165, 1.54) is 0 Å². The van der Waals surface area contributed by atoms with Gasteiger partial charge in [-0.3, -0.25) is 0 Å². The van der Waals surface area contributed by atoms with Crippen LogP contribution >= 0.6 is 0 Å². The first-order valence-corrected chi connectivity index (χ1v) is 6.94. The predicted octanol–water partition coefficient (Wildman–Crippen LogP) is 2.50. The number of aliphatic hydroxyl groups excluding tert-OH is 1.